The van der Waals surface area contributed by atoms with Crippen LogP contribution in [0.25, 0.3) is 0 Å². The van der Waals surface area contributed by atoms with E-state index in [0.29, 0.717) is 12.1 Å². The van der Waals surface area contributed by atoms with Gasteiger partial charge in [0.15, 0.2) is 5.76 Å². The summed E-state index contributed by atoms with van der Waals surface area (Å²) in [5.41, 5.74) is 6.72. The molecular formula is C14H11N3O5. The van der Waals surface area contributed by atoms with Crippen LogP contribution in [0.2, 0.25) is 0 Å². The van der Waals surface area contributed by atoms with E-state index in [-0.39, 0.29) is 5.76 Å². The molecule has 0 spiro atoms. The molecule has 2 aromatic rings. The van der Waals surface area contributed by atoms with Crippen molar-refractivity contribution >= 4 is 23.4 Å². The summed E-state index contributed by atoms with van der Waals surface area (Å²) in [6, 6.07) is 8.47. The zero-order valence-corrected chi connectivity index (χ0v) is 11.3. The van der Waals surface area contributed by atoms with Crippen LogP contribution < -0.4 is 10.6 Å². The van der Waals surface area contributed by atoms with E-state index >= 15 is 0 Å². The van der Waals surface area contributed by atoms with Crippen LogP contribution in [0.4, 0.5) is 11.6 Å². The van der Waals surface area contributed by atoms with Crippen LogP contribution in [0.5, 0.6) is 0 Å². The number of rotatable bonds is 3. The molecule has 1 atom stereocenters. The summed E-state index contributed by atoms with van der Waals surface area (Å²) in [5, 5.41) is 10.6. The highest BCUT2D eigenvalue weighted by Crippen LogP contribution is 2.33. The van der Waals surface area contributed by atoms with Gasteiger partial charge < -0.3 is 10.2 Å². The third kappa shape index (κ3) is 2.10. The molecule has 0 bridgehead atoms. The van der Waals surface area contributed by atoms with Crippen LogP contribution in [0.1, 0.15) is 16.1 Å². The molecule has 0 saturated heterocycles. The maximum atomic E-state index is 12.6. The lowest BCUT2D eigenvalue weighted by Crippen LogP contribution is -2.46. The van der Waals surface area contributed by atoms with Gasteiger partial charge in [0.25, 0.3) is 5.91 Å². The Labute approximate surface area is 124 Å². The van der Waals surface area contributed by atoms with Gasteiger partial charge in [-0.1, -0.05) is 18.2 Å². The van der Waals surface area contributed by atoms with E-state index < -0.39 is 28.7 Å². The van der Waals surface area contributed by atoms with Crippen LogP contribution in [0, 0.1) is 10.1 Å². The molecule has 8 nitrogen and oxygen atoms in total. The number of para-hydroxylation sites is 1. The second kappa shape index (κ2) is 4.99. The van der Waals surface area contributed by atoms with Gasteiger partial charge in [-0.05, 0) is 17.7 Å². The van der Waals surface area contributed by atoms with Gasteiger partial charge in [-0.2, -0.15) is 0 Å². The molecule has 1 aromatic carbocycles. The summed E-state index contributed by atoms with van der Waals surface area (Å²) < 4.78 is 4.92. The first kappa shape index (κ1) is 13.8. The minimum atomic E-state index is -0.839. The Bertz CT molecular complexity index is 782. The summed E-state index contributed by atoms with van der Waals surface area (Å²) in [5.74, 6) is -2.03. The fourth-order valence-corrected chi connectivity index (χ4v) is 2.52. The Balaban J connectivity index is 2.01. The molecule has 2 N–H and O–H groups in total. The molecular weight excluding hydrogens is 290 g/mol. The van der Waals surface area contributed by atoms with Crippen molar-refractivity contribution in [2.75, 3.05) is 4.90 Å². The number of furan rings is 1. The lowest BCUT2D eigenvalue weighted by atomic mass is 10.1. The first-order valence-corrected chi connectivity index (χ1v) is 6.44. The number of primary amides is 1. The van der Waals surface area contributed by atoms with Gasteiger partial charge in [0.05, 0.1) is 6.07 Å². The van der Waals surface area contributed by atoms with Gasteiger partial charge in [-0.15, -0.1) is 0 Å². The molecule has 1 aliphatic rings. The summed E-state index contributed by atoms with van der Waals surface area (Å²) >= 11 is 0. The largest absolute Gasteiger partial charge is 0.433 e. The minimum absolute atomic E-state index is 0.213. The van der Waals surface area contributed by atoms with E-state index in [1.807, 2.05) is 0 Å². The Kier molecular flexibility index (Phi) is 3.13. The Morgan fingerprint density at radius 3 is 2.64 bits per heavy atom. The summed E-state index contributed by atoms with van der Waals surface area (Å²) in [6.45, 7) is 0. The second-order valence-corrected chi connectivity index (χ2v) is 4.82. The Morgan fingerprint density at radius 1 is 1.27 bits per heavy atom. The van der Waals surface area contributed by atoms with Gasteiger partial charge in [-0.3, -0.25) is 24.6 Å². The van der Waals surface area contributed by atoms with Crippen LogP contribution in [0.15, 0.2) is 40.8 Å². The summed E-state index contributed by atoms with van der Waals surface area (Å²) in [6.07, 6.45) is 0.306. The molecule has 2 amide bonds. The summed E-state index contributed by atoms with van der Waals surface area (Å²) in [4.78, 5) is 35.3. The molecule has 1 aliphatic heterocycles. The number of hydrogen-bond donors (Lipinski definition) is 1. The monoisotopic (exact) mass is 301 g/mol. The van der Waals surface area contributed by atoms with Gasteiger partial charge in [0.1, 0.15) is 11.0 Å². The normalized spacial score (nSPS) is 16.4. The smallest absolute Gasteiger partial charge is 0.395 e. The molecule has 0 radical (unpaired) electrons. The highest BCUT2D eigenvalue weighted by Gasteiger charge is 2.38. The Morgan fingerprint density at radius 2 is 2.00 bits per heavy atom. The number of hydrogen-bond acceptors (Lipinski definition) is 5. The summed E-state index contributed by atoms with van der Waals surface area (Å²) in [7, 11) is 0. The van der Waals surface area contributed by atoms with Crippen molar-refractivity contribution in [3.05, 3.63) is 57.8 Å². The van der Waals surface area contributed by atoms with E-state index in [0.717, 1.165) is 11.6 Å². The number of nitrogens with two attached hydrogens (primary N) is 1. The number of carbonyl (C=O) groups is 2. The number of fused-ring (bicyclic) bond motifs is 1. The quantitative estimate of drug-likeness (QED) is 0.675. The number of anilines is 1. The van der Waals surface area contributed by atoms with E-state index in [1.54, 1.807) is 24.3 Å². The van der Waals surface area contributed by atoms with Crippen molar-refractivity contribution in [1.82, 2.24) is 0 Å². The highest BCUT2D eigenvalue weighted by molar-refractivity contribution is 6.10. The van der Waals surface area contributed by atoms with E-state index in [4.69, 9.17) is 10.2 Å². The van der Waals surface area contributed by atoms with Gasteiger partial charge in [0.2, 0.25) is 5.91 Å². The molecule has 0 fully saturated rings. The van der Waals surface area contributed by atoms with Crippen molar-refractivity contribution in [2.24, 2.45) is 5.73 Å². The third-order valence-corrected chi connectivity index (χ3v) is 3.51. The van der Waals surface area contributed by atoms with Crippen molar-refractivity contribution in [2.45, 2.75) is 12.5 Å². The van der Waals surface area contributed by atoms with Gasteiger partial charge in [0, 0.05) is 12.1 Å². The molecule has 2 heterocycles. The maximum absolute atomic E-state index is 12.6. The number of benzene rings is 1. The average molecular weight is 301 g/mol. The lowest BCUT2D eigenvalue weighted by molar-refractivity contribution is -0.402. The van der Waals surface area contributed by atoms with E-state index in [2.05, 4.69) is 0 Å². The fraction of sp³-hybridized carbons (Fsp3) is 0.143. The molecule has 22 heavy (non-hydrogen) atoms. The van der Waals surface area contributed by atoms with Crippen LogP contribution in [-0.4, -0.2) is 22.8 Å². The van der Waals surface area contributed by atoms with Crippen molar-refractivity contribution < 1.29 is 18.9 Å². The highest BCUT2D eigenvalue weighted by atomic mass is 16.6. The molecule has 0 aliphatic carbocycles. The first-order valence-electron chi connectivity index (χ1n) is 6.44. The molecule has 0 unspecified atom stereocenters. The Hall–Kier alpha value is -3.16. The van der Waals surface area contributed by atoms with Crippen molar-refractivity contribution in [3.63, 3.8) is 0 Å². The number of nitro groups is 1. The van der Waals surface area contributed by atoms with E-state index in [9.17, 15) is 19.7 Å². The number of amides is 2. The fourth-order valence-electron chi connectivity index (χ4n) is 2.52. The average Bonchev–Trinajstić information content (AvgIpc) is 3.11. The van der Waals surface area contributed by atoms with Crippen molar-refractivity contribution in [1.29, 1.82) is 0 Å². The van der Waals surface area contributed by atoms with Gasteiger partial charge >= 0.3 is 5.88 Å². The molecule has 112 valence electrons. The van der Waals surface area contributed by atoms with Crippen LogP contribution >= 0.6 is 0 Å². The number of carbonyl (C=O) groups excluding carboxylic acids is 2. The second-order valence-electron chi connectivity index (χ2n) is 4.82. The zero-order valence-electron chi connectivity index (χ0n) is 11.3. The van der Waals surface area contributed by atoms with Crippen LogP contribution in [0.3, 0.4) is 0 Å². The number of nitrogens with zero attached hydrogens (tertiary/aromatic N) is 2. The molecule has 0 saturated carbocycles. The van der Waals surface area contributed by atoms with Crippen LogP contribution in [-0.2, 0) is 11.2 Å². The standard InChI is InChI=1S/C14H11N3O5/c15-13(18)10-7-8-3-1-2-4-9(8)16(10)14(19)11-5-6-12(22-11)17(20)21/h1-6,10H,7H2,(H2,15,18)/t10-/m0/s1. The maximum Gasteiger partial charge on any atom is 0.433 e. The lowest BCUT2D eigenvalue weighted by Gasteiger charge is -2.21. The predicted octanol–water partition coefficient (Wildman–Crippen LogP) is 1.24. The third-order valence-electron chi connectivity index (χ3n) is 3.51. The molecule has 3 rings (SSSR count). The molecule has 8 heteroatoms. The van der Waals surface area contributed by atoms with Gasteiger partial charge in [-0.25, -0.2) is 0 Å². The minimum Gasteiger partial charge on any atom is -0.395 e. The predicted molar refractivity (Wildman–Crippen MR) is 75.3 cm³/mol. The SMILES string of the molecule is NC(=O)[C@@H]1Cc2ccccc2N1C(=O)c1ccc([N+](=O)[O-])o1. The van der Waals surface area contributed by atoms with E-state index in [1.165, 1.54) is 11.0 Å². The van der Waals surface area contributed by atoms with Crippen molar-refractivity contribution in [3.8, 4) is 0 Å². The zero-order chi connectivity index (χ0) is 15.9. The molecule has 1 aromatic heterocycles. The topological polar surface area (TPSA) is 120 Å². The first-order chi connectivity index (χ1) is 10.5.